The molecule has 106 valence electrons. The average Bonchev–Trinajstić information content (AvgIpc) is 3.05. The molecule has 1 atom stereocenters. The first-order chi connectivity index (χ1) is 9.56. The Morgan fingerprint density at radius 1 is 1.55 bits per heavy atom. The first kappa shape index (κ1) is 13.2. The minimum Gasteiger partial charge on any atom is -0.465 e. The topological polar surface area (TPSA) is 74.0 Å². The van der Waals surface area contributed by atoms with Crippen LogP contribution in [0.5, 0.6) is 0 Å². The van der Waals surface area contributed by atoms with E-state index in [4.69, 9.17) is 5.11 Å². The highest BCUT2D eigenvalue weighted by atomic mass is 79.9. The fourth-order valence-electron chi connectivity index (χ4n) is 2.43. The lowest BCUT2D eigenvalue weighted by Gasteiger charge is -2.22. The van der Waals surface area contributed by atoms with Gasteiger partial charge in [0.1, 0.15) is 10.4 Å². The molecule has 1 amide bonds. The third-order valence-electron chi connectivity index (χ3n) is 3.64. The lowest BCUT2D eigenvalue weighted by molar-refractivity contribution is 0.142. The quantitative estimate of drug-likeness (QED) is 0.900. The van der Waals surface area contributed by atoms with Gasteiger partial charge in [-0.2, -0.15) is 0 Å². The minimum atomic E-state index is -0.891. The Hall–Kier alpha value is -1.83. The van der Waals surface area contributed by atoms with Gasteiger partial charge in [-0.25, -0.2) is 14.3 Å². The van der Waals surface area contributed by atoms with Crippen LogP contribution >= 0.6 is 15.9 Å². The summed E-state index contributed by atoms with van der Waals surface area (Å²) >= 11 is 3.40. The summed E-state index contributed by atoms with van der Waals surface area (Å²) in [7, 11) is 1.61. The van der Waals surface area contributed by atoms with Gasteiger partial charge in [-0.1, -0.05) is 0 Å². The van der Waals surface area contributed by atoms with E-state index in [1.807, 2.05) is 12.1 Å². The van der Waals surface area contributed by atoms with E-state index in [0.717, 1.165) is 29.0 Å². The SMILES string of the molecule is CN(C(=O)O)C1CCN(c2ccc3ncc(Br)n3n2)C1. The zero-order chi connectivity index (χ0) is 14.3. The normalized spacial score (nSPS) is 18.7. The summed E-state index contributed by atoms with van der Waals surface area (Å²) in [5, 5.41) is 13.5. The lowest BCUT2D eigenvalue weighted by Crippen LogP contribution is -2.38. The maximum absolute atomic E-state index is 11.0. The highest BCUT2D eigenvalue weighted by Gasteiger charge is 2.29. The molecule has 0 aromatic carbocycles. The number of rotatable bonds is 2. The molecule has 1 aliphatic rings. The molecule has 7 nitrogen and oxygen atoms in total. The van der Waals surface area contributed by atoms with Crippen LogP contribution in [0.2, 0.25) is 0 Å². The van der Waals surface area contributed by atoms with Crippen molar-refractivity contribution < 1.29 is 9.90 Å². The van der Waals surface area contributed by atoms with Crippen LogP contribution in [0, 0.1) is 0 Å². The van der Waals surface area contributed by atoms with Gasteiger partial charge in [0.25, 0.3) is 0 Å². The number of imidazole rings is 1. The second-order valence-electron chi connectivity index (χ2n) is 4.82. The van der Waals surface area contributed by atoms with Crippen LogP contribution in [0.4, 0.5) is 10.6 Å². The van der Waals surface area contributed by atoms with E-state index in [9.17, 15) is 4.79 Å². The Morgan fingerprint density at radius 2 is 2.35 bits per heavy atom. The molecule has 0 spiro atoms. The van der Waals surface area contributed by atoms with E-state index >= 15 is 0 Å². The number of halogens is 1. The van der Waals surface area contributed by atoms with Crippen molar-refractivity contribution in [1.82, 2.24) is 19.5 Å². The molecule has 3 rings (SSSR count). The van der Waals surface area contributed by atoms with Gasteiger partial charge < -0.3 is 14.9 Å². The van der Waals surface area contributed by atoms with Crippen molar-refractivity contribution in [1.29, 1.82) is 0 Å². The maximum atomic E-state index is 11.0. The Labute approximate surface area is 123 Å². The van der Waals surface area contributed by atoms with Crippen LogP contribution in [0.15, 0.2) is 22.9 Å². The molecule has 3 heterocycles. The molecule has 1 fully saturated rings. The van der Waals surface area contributed by atoms with Crippen LogP contribution in [0.25, 0.3) is 5.65 Å². The van der Waals surface area contributed by atoms with E-state index in [-0.39, 0.29) is 6.04 Å². The Kier molecular flexibility index (Phi) is 3.25. The van der Waals surface area contributed by atoms with Crippen LogP contribution in [-0.2, 0) is 0 Å². The predicted molar refractivity (Wildman–Crippen MR) is 77.1 cm³/mol. The van der Waals surface area contributed by atoms with Crippen molar-refractivity contribution in [3.63, 3.8) is 0 Å². The van der Waals surface area contributed by atoms with E-state index in [2.05, 4.69) is 30.9 Å². The van der Waals surface area contributed by atoms with E-state index in [1.165, 1.54) is 4.90 Å². The second-order valence-corrected chi connectivity index (χ2v) is 5.64. The predicted octanol–water partition coefficient (Wildman–Crippen LogP) is 1.68. The number of fused-ring (bicyclic) bond motifs is 1. The second kappa shape index (κ2) is 4.93. The zero-order valence-corrected chi connectivity index (χ0v) is 12.5. The van der Waals surface area contributed by atoms with Crippen molar-refractivity contribution in [3.8, 4) is 0 Å². The smallest absolute Gasteiger partial charge is 0.407 e. The maximum Gasteiger partial charge on any atom is 0.407 e. The summed E-state index contributed by atoms with van der Waals surface area (Å²) in [4.78, 5) is 18.6. The molecule has 20 heavy (non-hydrogen) atoms. The van der Waals surface area contributed by atoms with Gasteiger partial charge in [0.15, 0.2) is 5.65 Å². The molecule has 2 aromatic heterocycles. The molecule has 0 aliphatic carbocycles. The number of aromatic nitrogens is 3. The van der Waals surface area contributed by atoms with Gasteiger partial charge in [-0.3, -0.25) is 0 Å². The van der Waals surface area contributed by atoms with Crippen LogP contribution < -0.4 is 4.90 Å². The van der Waals surface area contributed by atoms with E-state index in [0.29, 0.717) is 6.54 Å². The molecule has 8 heteroatoms. The summed E-state index contributed by atoms with van der Waals surface area (Å²) in [6.45, 7) is 1.46. The number of carbonyl (C=O) groups is 1. The van der Waals surface area contributed by atoms with Crippen molar-refractivity contribution >= 4 is 33.5 Å². The Balaban J connectivity index is 1.82. The fourth-order valence-corrected chi connectivity index (χ4v) is 2.79. The van der Waals surface area contributed by atoms with Gasteiger partial charge >= 0.3 is 6.09 Å². The number of hydrogen-bond acceptors (Lipinski definition) is 4. The first-order valence-corrected chi connectivity index (χ1v) is 7.06. The highest BCUT2D eigenvalue weighted by molar-refractivity contribution is 9.10. The van der Waals surface area contributed by atoms with Crippen molar-refractivity contribution in [2.75, 3.05) is 25.0 Å². The Bertz CT molecular complexity index is 658. The number of amides is 1. The van der Waals surface area contributed by atoms with Gasteiger partial charge in [0.2, 0.25) is 0 Å². The molecule has 1 aliphatic heterocycles. The standard InChI is InChI=1S/C12H14BrN5O2/c1-16(12(19)20)8-4-5-17(7-8)11-3-2-10-14-6-9(13)18(10)15-11/h2-3,6,8H,4-5,7H2,1H3,(H,19,20). The van der Waals surface area contributed by atoms with E-state index < -0.39 is 6.09 Å². The third kappa shape index (κ3) is 2.20. The minimum absolute atomic E-state index is 0.0104. The largest absolute Gasteiger partial charge is 0.465 e. The number of hydrogen-bond donors (Lipinski definition) is 1. The van der Waals surface area contributed by atoms with Crippen LogP contribution in [0.3, 0.4) is 0 Å². The monoisotopic (exact) mass is 339 g/mol. The molecule has 1 N–H and O–H groups in total. The van der Waals surface area contributed by atoms with Gasteiger partial charge in [0.05, 0.1) is 12.2 Å². The third-order valence-corrected chi connectivity index (χ3v) is 4.18. The molecular formula is C12H14BrN5O2. The van der Waals surface area contributed by atoms with Crippen molar-refractivity contribution in [2.24, 2.45) is 0 Å². The summed E-state index contributed by atoms with van der Waals surface area (Å²) < 4.78 is 2.52. The van der Waals surface area contributed by atoms with Gasteiger partial charge in [-0.05, 0) is 34.5 Å². The van der Waals surface area contributed by atoms with Gasteiger partial charge in [-0.15, -0.1) is 5.10 Å². The zero-order valence-electron chi connectivity index (χ0n) is 10.9. The molecule has 2 aromatic rings. The number of anilines is 1. The summed E-state index contributed by atoms with van der Waals surface area (Å²) in [5.74, 6) is 0.831. The number of likely N-dealkylation sites (N-methyl/N-ethyl adjacent to an activating group) is 1. The van der Waals surface area contributed by atoms with Crippen molar-refractivity contribution in [2.45, 2.75) is 12.5 Å². The molecule has 0 bridgehead atoms. The fraction of sp³-hybridized carbons (Fsp3) is 0.417. The average molecular weight is 340 g/mol. The lowest BCUT2D eigenvalue weighted by atomic mass is 10.2. The molecular weight excluding hydrogens is 326 g/mol. The number of nitrogens with zero attached hydrogens (tertiary/aromatic N) is 5. The van der Waals surface area contributed by atoms with Crippen LogP contribution in [-0.4, -0.2) is 56.9 Å². The van der Waals surface area contributed by atoms with Crippen LogP contribution in [0.1, 0.15) is 6.42 Å². The number of carboxylic acid groups (broad SMARTS) is 1. The first-order valence-electron chi connectivity index (χ1n) is 6.27. The van der Waals surface area contributed by atoms with E-state index in [1.54, 1.807) is 17.8 Å². The molecule has 0 saturated carbocycles. The summed E-state index contributed by atoms with van der Waals surface area (Å²) in [6.07, 6.45) is 1.63. The summed E-state index contributed by atoms with van der Waals surface area (Å²) in [5.41, 5.74) is 0.777. The Morgan fingerprint density at radius 3 is 3.10 bits per heavy atom. The molecule has 1 unspecified atom stereocenters. The molecule has 1 saturated heterocycles. The highest BCUT2D eigenvalue weighted by Crippen LogP contribution is 2.22. The van der Waals surface area contributed by atoms with Gasteiger partial charge in [0, 0.05) is 20.1 Å². The summed E-state index contributed by atoms with van der Waals surface area (Å²) in [6, 6.07) is 3.83. The van der Waals surface area contributed by atoms with Crippen molar-refractivity contribution in [3.05, 3.63) is 22.9 Å². The molecule has 0 radical (unpaired) electrons.